The predicted octanol–water partition coefficient (Wildman–Crippen LogP) is 6.52. The molecule has 0 amide bonds. The summed E-state index contributed by atoms with van der Waals surface area (Å²) in [6, 6.07) is 6.57. The van der Waals surface area contributed by atoms with E-state index in [-0.39, 0.29) is 5.82 Å². The SMILES string of the molecule is CC.CCCC1CCCc2c(Nc3cccc(F)c3)ncc(C)c21. The third kappa shape index (κ3) is 4.14. The van der Waals surface area contributed by atoms with Crippen molar-refractivity contribution < 1.29 is 4.39 Å². The van der Waals surface area contributed by atoms with E-state index >= 15 is 0 Å². The fourth-order valence-corrected chi connectivity index (χ4v) is 3.61. The minimum absolute atomic E-state index is 0.227. The van der Waals surface area contributed by atoms with E-state index in [4.69, 9.17) is 0 Å². The highest BCUT2D eigenvalue weighted by atomic mass is 19.1. The predicted molar refractivity (Wildman–Crippen MR) is 101 cm³/mol. The van der Waals surface area contributed by atoms with Gasteiger partial charge in [0.05, 0.1) is 0 Å². The first-order valence-electron chi connectivity index (χ1n) is 9.20. The largest absolute Gasteiger partial charge is 0.340 e. The van der Waals surface area contributed by atoms with Crippen molar-refractivity contribution in [3.63, 3.8) is 0 Å². The number of nitrogens with zero attached hydrogens (tertiary/aromatic N) is 1. The number of anilines is 2. The fourth-order valence-electron chi connectivity index (χ4n) is 3.61. The second-order valence-electron chi connectivity index (χ2n) is 6.20. The number of nitrogens with one attached hydrogen (secondary N) is 1. The highest BCUT2D eigenvalue weighted by Gasteiger charge is 2.24. The zero-order valence-corrected chi connectivity index (χ0v) is 15.3. The standard InChI is InChI=1S/C19H23FN2.C2H6/c1-3-6-14-7-4-10-17-18(14)13(2)12-21-19(17)22-16-9-5-8-15(20)11-16;1-2/h5,8-9,11-12,14H,3-4,6-7,10H2,1-2H3,(H,21,22);1-2H3. The molecule has 3 heteroatoms. The average molecular weight is 328 g/mol. The quantitative estimate of drug-likeness (QED) is 0.691. The Morgan fingerprint density at radius 1 is 1.29 bits per heavy atom. The van der Waals surface area contributed by atoms with Crippen LogP contribution in [0.2, 0.25) is 0 Å². The van der Waals surface area contributed by atoms with Crippen molar-refractivity contribution in [3.8, 4) is 0 Å². The Morgan fingerprint density at radius 3 is 2.79 bits per heavy atom. The summed E-state index contributed by atoms with van der Waals surface area (Å²) in [5.74, 6) is 1.31. The molecule has 1 aliphatic rings. The third-order valence-electron chi connectivity index (χ3n) is 4.54. The molecule has 0 fully saturated rings. The summed E-state index contributed by atoms with van der Waals surface area (Å²) < 4.78 is 13.4. The van der Waals surface area contributed by atoms with Gasteiger partial charge in [-0.25, -0.2) is 9.37 Å². The van der Waals surface area contributed by atoms with Gasteiger partial charge in [0.2, 0.25) is 0 Å². The smallest absolute Gasteiger partial charge is 0.133 e. The van der Waals surface area contributed by atoms with Crippen molar-refractivity contribution >= 4 is 11.5 Å². The van der Waals surface area contributed by atoms with E-state index in [9.17, 15) is 4.39 Å². The molecule has 1 aromatic carbocycles. The van der Waals surface area contributed by atoms with Crippen LogP contribution in [-0.4, -0.2) is 4.98 Å². The Labute approximate surface area is 145 Å². The molecule has 0 saturated heterocycles. The van der Waals surface area contributed by atoms with Crippen molar-refractivity contribution in [2.45, 2.75) is 65.7 Å². The van der Waals surface area contributed by atoms with Crippen LogP contribution in [0.25, 0.3) is 0 Å². The third-order valence-corrected chi connectivity index (χ3v) is 4.54. The molecule has 0 saturated carbocycles. The van der Waals surface area contributed by atoms with Gasteiger partial charge in [-0.3, -0.25) is 0 Å². The molecular formula is C21H29FN2. The van der Waals surface area contributed by atoms with E-state index < -0.39 is 0 Å². The van der Waals surface area contributed by atoms with Crippen molar-refractivity contribution in [1.29, 1.82) is 0 Å². The number of aryl methyl sites for hydroxylation is 1. The maximum atomic E-state index is 13.4. The molecule has 0 radical (unpaired) electrons. The molecular weight excluding hydrogens is 299 g/mol. The molecule has 1 atom stereocenters. The number of rotatable bonds is 4. The van der Waals surface area contributed by atoms with Crippen LogP contribution in [0.5, 0.6) is 0 Å². The Balaban J connectivity index is 0.00000100. The van der Waals surface area contributed by atoms with Gasteiger partial charge in [-0.15, -0.1) is 0 Å². The fraction of sp³-hybridized carbons (Fsp3) is 0.476. The zero-order valence-electron chi connectivity index (χ0n) is 15.3. The van der Waals surface area contributed by atoms with Gasteiger partial charge in [0.25, 0.3) is 0 Å². The molecule has 130 valence electrons. The Morgan fingerprint density at radius 2 is 2.08 bits per heavy atom. The van der Waals surface area contributed by atoms with E-state index in [1.807, 2.05) is 26.1 Å². The number of hydrogen-bond acceptors (Lipinski definition) is 2. The van der Waals surface area contributed by atoms with Gasteiger partial charge in [-0.05, 0) is 73.4 Å². The minimum Gasteiger partial charge on any atom is -0.340 e. The van der Waals surface area contributed by atoms with E-state index in [0.29, 0.717) is 5.92 Å². The Kier molecular flexibility index (Phi) is 6.77. The molecule has 24 heavy (non-hydrogen) atoms. The highest BCUT2D eigenvalue weighted by molar-refractivity contribution is 5.62. The van der Waals surface area contributed by atoms with Crippen molar-refractivity contribution in [3.05, 3.63) is 53.0 Å². The number of hydrogen-bond donors (Lipinski definition) is 1. The first-order valence-corrected chi connectivity index (χ1v) is 9.20. The highest BCUT2D eigenvalue weighted by Crippen LogP contribution is 2.39. The van der Waals surface area contributed by atoms with Crippen molar-refractivity contribution in [2.24, 2.45) is 0 Å². The molecule has 0 bridgehead atoms. The van der Waals surface area contributed by atoms with Crippen LogP contribution in [0.15, 0.2) is 30.5 Å². The minimum atomic E-state index is -0.227. The molecule has 1 N–H and O–H groups in total. The lowest BCUT2D eigenvalue weighted by Gasteiger charge is -2.28. The molecule has 1 unspecified atom stereocenters. The molecule has 1 heterocycles. The van der Waals surface area contributed by atoms with Crippen LogP contribution >= 0.6 is 0 Å². The number of halogens is 1. The molecule has 1 aromatic heterocycles. The molecule has 0 aliphatic heterocycles. The number of aromatic nitrogens is 1. The first kappa shape index (κ1) is 18.4. The number of benzene rings is 1. The van der Waals surface area contributed by atoms with Crippen LogP contribution in [-0.2, 0) is 6.42 Å². The van der Waals surface area contributed by atoms with Crippen LogP contribution in [0, 0.1) is 12.7 Å². The van der Waals surface area contributed by atoms with Gasteiger partial charge in [0.1, 0.15) is 11.6 Å². The maximum Gasteiger partial charge on any atom is 0.133 e. The summed E-state index contributed by atoms with van der Waals surface area (Å²) in [6.07, 6.45) is 7.93. The van der Waals surface area contributed by atoms with E-state index in [1.165, 1.54) is 54.5 Å². The van der Waals surface area contributed by atoms with Gasteiger partial charge in [-0.1, -0.05) is 33.3 Å². The van der Waals surface area contributed by atoms with Gasteiger partial charge in [-0.2, -0.15) is 0 Å². The van der Waals surface area contributed by atoms with E-state index in [1.54, 1.807) is 6.07 Å². The Bertz CT molecular complexity index is 667. The molecule has 1 aliphatic carbocycles. The van der Waals surface area contributed by atoms with Crippen molar-refractivity contribution in [2.75, 3.05) is 5.32 Å². The lowest BCUT2D eigenvalue weighted by molar-refractivity contribution is 0.512. The normalized spacial score (nSPS) is 16.0. The van der Waals surface area contributed by atoms with E-state index in [0.717, 1.165) is 17.9 Å². The average Bonchev–Trinajstić information content (AvgIpc) is 2.60. The van der Waals surface area contributed by atoms with Crippen LogP contribution in [0.1, 0.15) is 69.1 Å². The summed E-state index contributed by atoms with van der Waals surface area (Å²) in [5.41, 5.74) is 4.85. The van der Waals surface area contributed by atoms with Gasteiger partial charge in [0, 0.05) is 11.9 Å². The first-order chi connectivity index (χ1) is 11.7. The van der Waals surface area contributed by atoms with Gasteiger partial charge < -0.3 is 5.32 Å². The van der Waals surface area contributed by atoms with Crippen molar-refractivity contribution in [1.82, 2.24) is 4.98 Å². The molecule has 3 rings (SSSR count). The van der Waals surface area contributed by atoms with Crippen LogP contribution < -0.4 is 5.32 Å². The summed E-state index contributed by atoms with van der Waals surface area (Å²) >= 11 is 0. The summed E-state index contributed by atoms with van der Waals surface area (Å²) in [5, 5.41) is 3.31. The molecule has 2 nitrogen and oxygen atoms in total. The topological polar surface area (TPSA) is 24.9 Å². The second-order valence-corrected chi connectivity index (χ2v) is 6.20. The van der Waals surface area contributed by atoms with Crippen LogP contribution in [0.3, 0.4) is 0 Å². The summed E-state index contributed by atoms with van der Waals surface area (Å²) in [4.78, 5) is 4.58. The number of pyridine rings is 1. The lowest BCUT2D eigenvalue weighted by Crippen LogP contribution is -2.14. The molecule has 2 aromatic rings. The lowest BCUT2D eigenvalue weighted by atomic mass is 9.79. The second kappa shape index (κ2) is 8.81. The monoisotopic (exact) mass is 328 g/mol. The summed E-state index contributed by atoms with van der Waals surface area (Å²) in [7, 11) is 0. The van der Waals surface area contributed by atoms with Crippen LogP contribution in [0.4, 0.5) is 15.9 Å². The van der Waals surface area contributed by atoms with Gasteiger partial charge >= 0.3 is 0 Å². The van der Waals surface area contributed by atoms with Gasteiger partial charge in [0.15, 0.2) is 0 Å². The van der Waals surface area contributed by atoms with E-state index in [2.05, 4.69) is 24.1 Å². The zero-order chi connectivity index (χ0) is 17.5. The maximum absolute atomic E-state index is 13.4. The Hall–Kier alpha value is -1.90. The molecule has 0 spiro atoms. The number of fused-ring (bicyclic) bond motifs is 1. The summed E-state index contributed by atoms with van der Waals surface area (Å²) in [6.45, 7) is 8.41.